The lowest BCUT2D eigenvalue weighted by atomic mass is 10.1. The summed E-state index contributed by atoms with van der Waals surface area (Å²) in [6.07, 6.45) is 0. The number of hydrogen-bond donors (Lipinski definition) is 6. The van der Waals surface area contributed by atoms with Crippen LogP contribution in [0.4, 0.5) is 0 Å². The SMILES string of the molecule is CC(C)C(=NN)NCC(C)C(=NCC(C)C(=N)N(C)O)NO. The van der Waals surface area contributed by atoms with E-state index in [9.17, 15) is 10.4 Å². The summed E-state index contributed by atoms with van der Waals surface area (Å²) < 4.78 is 0. The van der Waals surface area contributed by atoms with Gasteiger partial charge in [-0.1, -0.05) is 27.7 Å². The minimum Gasteiger partial charge on any atom is -0.371 e. The van der Waals surface area contributed by atoms with Gasteiger partial charge in [-0.3, -0.25) is 26.3 Å². The van der Waals surface area contributed by atoms with Gasteiger partial charge >= 0.3 is 0 Å². The molecule has 2 unspecified atom stereocenters. The lowest BCUT2D eigenvalue weighted by molar-refractivity contribution is 0.00714. The number of nitrogens with two attached hydrogens (primary N) is 1. The molecule has 9 nitrogen and oxygen atoms in total. The Morgan fingerprint density at radius 3 is 2.23 bits per heavy atom. The Labute approximate surface area is 131 Å². The zero-order chi connectivity index (χ0) is 17.3. The number of amidine groups is 3. The Morgan fingerprint density at radius 1 is 1.23 bits per heavy atom. The molecule has 2 atom stereocenters. The molecule has 0 aliphatic heterocycles. The monoisotopic (exact) mass is 315 g/mol. The van der Waals surface area contributed by atoms with Crippen LogP contribution in [0, 0.1) is 23.2 Å². The molecule has 22 heavy (non-hydrogen) atoms. The van der Waals surface area contributed by atoms with E-state index in [-0.39, 0.29) is 30.1 Å². The van der Waals surface area contributed by atoms with Gasteiger partial charge in [0.25, 0.3) is 0 Å². The van der Waals surface area contributed by atoms with Crippen LogP contribution >= 0.6 is 0 Å². The lowest BCUT2D eigenvalue weighted by Crippen LogP contribution is -2.39. The zero-order valence-electron chi connectivity index (χ0n) is 14.0. The van der Waals surface area contributed by atoms with Crippen LogP contribution in [0.15, 0.2) is 10.1 Å². The third-order valence-electron chi connectivity index (χ3n) is 3.21. The van der Waals surface area contributed by atoms with Crippen LogP contribution in [-0.2, 0) is 0 Å². The number of rotatable bonds is 7. The van der Waals surface area contributed by atoms with Gasteiger partial charge in [0.05, 0.1) is 6.54 Å². The molecule has 0 aromatic rings. The van der Waals surface area contributed by atoms with Crippen LogP contribution in [0.25, 0.3) is 0 Å². The van der Waals surface area contributed by atoms with Crippen LogP contribution in [0.3, 0.4) is 0 Å². The topological polar surface area (TPSA) is 142 Å². The van der Waals surface area contributed by atoms with Crippen LogP contribution in [0.2, 0.25) is 0 Å². The number of hydrogen-bond acceptors (Lipinski definition) is 6. The summed E-state index contributed by atoms with van der Waals surface area (Å²) in [4.78, 5) is 4.26. The van der Waals surface area contributed by atoms with Gasteiger partial charge < -0.3 is 11.2 Å². The van der Waals surface area contributed by atoms with Crippen molar-refractivity contribution in [3.05, 3.63) is 0 Å². The van der Waals surface area contributed by atoms with E-state index in [0.29, 0.717) is 18.2 Å². The van der Waals surface area contributed by atoms with E-state index in [1.54, 1.807) is 6.92 Å². The third kappa shape index (κ3) is 6.72. The Hall–Kier alpha value is -1.87. The standard InChI is InChI=1S/C13H29N7O2/c1-8(2)12(18-15)16-7-10(4)13(19-21)17-6-9(3)11(14)20(5)22/h8-10,14,21-22H,6-7,15H2,1-5H3,(H,16,18)(H,17,19). The van der Waals surface area contributed by atoms with E-state index < -0.39 is 0 Å². The highest BCUT2D eigenvalue weighted by Crippen LogP contribution is 2.03. The summed E-state index contributed by atoms with van der Waals surface area (Å²) in [5.74, 6) is 6.25. The molecule has 7 N–H and O–H groups in total. The zero-order valence-corrected chi connectivity index (χ0v) is 14.0. The molecular weight excluding hydrogens is 286 g/mol. The van der Waals surface area contributed by atoms with Gasteiger partial charge in [-0.25, -0.2) is 5.06 Å². The summed E-state index contributed by atoms with van der Waals surface area (Å²) in [6, 6.07) is 0. The number of nitrogens with one attached hydrogen (secondary N) is 3. The minimum absolute atomic E-state index is 0.0594. The maximum Gasteiger partial charge on any atom is 0.125 e. The summed E-state index contributed by atoms with van der Waals surface area (Å²) in [6.45, 7) is 8.39. The Balaban J connectivity index is 4.61. The van der Waals surface area contributed by atoms with Crippen molar-refractivity contribution in [1.82, 2.24) is 15.9 Å². The van der Waals surface area contributed by atoms with Crippen molar-refractivity contribution in [1.29, 1.82) is 5.41 Å². The van der Waals surface area contributed by atoms with E-state index in [2.05, 4.69) is 20.9 Å². The van der Waals surface area contributed by atoms with Gasteiger partial charge in [0, 0.05) is 31.3 Å². The Kier molecular flexibility index (Phi) is 9.11. The molecule has 0 radical (unpaired) electrons. The number of hydroxylamine groups is 3. The molecule has 0 bridgehead atoms. The highest BCUT2D eigenvalue weighted by Gasteiger charge is 2.15. The van der Waals surface area contributed by atoms with Crippen molar-refractivity contribution in [3.63, 3.8) is 0 Å². The van der Waals surface area contributed by atoms with E-state index >= 15 is 0 Å². The molecule has 0 aromatic carbocycles. The molecule has 0 aliphatic rings. The van der Waals surface area contributed by atoms with Crippen molar-refractivity contribution < 1.29 is 10.4 Å². The first kappa shape index (κ1) is 20.1. The van der Waals surface area contributed by atoms with Gasteiger partial charge in [-0.15, -0.1) is 0 Å². The molecule has 9 heteroatoms. The minimum atomic E-state index is -0.268. The van der Waals surface area contributed by atoms with Crippen molar-refractivity contribution in [2.75, 3.05) is 20.1 Å². The lowest BCUT2D eigenvalue weighted by Gasteiger charge is -2.19. The van der Waals surface area contributed by atoms with Crippen LogP contribution in [0.5, 0.6) is 0 Å². The molecule has 0 saturated carbocycles. The summed E-state index contributed by atoms with van der Waals surface area (Å²) in [7, 11) is 1.39. The molecule has 0 amide bonds. The molecule has 0 fully saturated rings. The largest absolute Gasteiger partial charge is 0.371 e. The van der Waals surface area contributed by atoms with Crippen LogP contribution in [-0.4, -0.2) is 53.1 Å². The highest BCUT2D eigenvalue weighted by molar-refractivity contribution is 5.87. The average Bonchev–Trinajstić information content (AvgIpc) is 2.46. The van der Waals surface area contributed by atoms with Crippen molar-refractivity contribution in [3.8, 4) is 0 Å². The summed E-state index contributed by atoms with van der Waals surface area (Å²) in [5, 5.41) is 33.6. The van der Waals surface area contributed by atoms with E-state index in [1.807, 2.05) is 20.8 Å². The second-order valence-corrected chi connectivity index (χ2v) is 5.60. The molecule has 0 saturated heterocycles. The molecular formula is C13H29N7O2. The first-order valence-corrected chi connectivity index (χ1v) is 7.21. The third-order valence-corrected chi connectivity index (χ3v) is 3.21. The second-order valence-electron chi connectivity index (χ2n) is 5.60. The molecule has 128 valence electrons. The summed E-state index contributed by atoms with van der Waals surface area (Å²) in [5.41, 5.74) is 2.09. The van der Waals surface area contributed by atoms with E-state index in [4.69, 9.17) is 11.3 Å². The van der Waals surface area contributed by atoms with E-state index in [1.165, 1.54) is 7.05 Å². The van der Waals surface area contributed by atoms with Gasteiger partial charge in [0.2, 0.25) is 0 Å². The average molecular weight is 315 g/mol. The number of aliphatic imine (C=N–C) groups is 1. The number of nitrogens with zero attached hydrogens (tertiary/aromatic N) is 3. The second kappa shape index (κ2) is 9.96. The van der Waals surface area contributed by atoms with Crippen molar-refractivity contribution in [2.45, 2.75) is 27.7 Å². The van der Waals surface area contributed by atoms with Crippen LogP contribution < -0.4 is 16.6 Å². The molecule has 0 aliphatic carbocycles. The maximum absolute atomic E-state index is 9.21. The Bertz CT molecular complexity index is 407. The van der Waals surface area contributed by atoms with Gasteiger partial charge in [-0.2, -0.15) is 5.10 Å². The van der Waals surface area contributed by atoms with Gasteiger partial charge in [0.1, 0.15) is 17.5 Å². The van der Waals surface area contributed by atoms with Crippen molar-refractivity contribution >= 4 is 17.5 Å². The fourth-order valence-corrected chi connectivity index (χ4v) is 1.70. The van der Waals surface area contributed by atoms with Crippen LogP contribution in [0.1, 0.15) is 27.7 Å². The first-order chi connectivity index (χ1) is 10.2. The number of hydrazone groups is 1. The smallest absolute Gasteiger partial charge is 0.125 e. The van der Waals surface area contributed by atoms with Gasteiger partial charge in [-0.05, 0) is 0 Å². The van der Waals surface area contributed by atoms with E-state index in [0.717, 1.165) is 5.06 Å². The maximum atomic E-state index is 9.21. The fourth-order valence-electron chi connectivity index (χ4n) is 1.70. The first-order valence-electron chi connectivity index (χ1n) is 7.21. The molecule has 0 rings (SSSR count). The predicted octanol–water partition coefficient (Wildman–Crippen LogP) is 0.452. The molecule has 0 aromatic heterocycles. The van der Waals surface area contributed by atoms with Gasteiger partial charge in [0.15, 0.2) is 0 Å². The normalized spacial score (nSPS) is 15.5. The Morgan fingerprint density at radius 2 is 1.82 bits per heavy atom. The quantitative estimate of drug-likeness (QED) is 0.174. The molecule has 0 heterocycles. The molecule has 0 spiro atoms. The highest BCUT2D eigenvalue weighted by atomic mass is 16.5. The predicted molar refractivity (Wildman–Crippen MR) is 87.3 cm³/mol. The van der Waals surface area contributed by atoms with Crippen molar-refractivity contribution in [2.24, 2.45) is 33.7 Å². The fraction of sp³-hybridized carbons (Fsp3) is 0.769. The summed E-state index contributed by atoms with van der Waals surface area (Å²) >= 11 is 0.